The fourth-order valence-electron chi connectivity index (χ4n) is 6.70. The molecule has 0 spiro atoms. The average Bonchev–Trinajstić information content (AvgIpc) is 3.42. The third-order valence-electron chi connectivity index (χ3n) is 8.78. The minimum atomic E-state index is -0.343. The molecule has 0 aliphatic rings. The van der Waals surface area contributed by atoms with E-state index in [1.807, 2.05) is 67.6 Å². The van der Waals surface area contributed by atoms with Crippen molar-refractivity contribution in [3.63, 3.8) is 0 Å². The van der Waals surface area contributed by atoms with E-state index in [-0.39, 0.29) is 5.63 Å². The maximum absolute atomic E-state index is 14.0. The van der Waals surface area contributed by atoms with Crippen molar-refractivity contribution in [2.24, 2.45) is 0 Å². The summed E-state index contributed by atoms with van der Waals surface area (Å²) >= 11 is 0. The Kier molecular flexibility index (Phi) is 6.32. The summed E-state index contributed by atoms with van der Waals surface area (Å²) in [7, 11) is 0. The molecule has 0 aliphatic carbocycles. The van der Waals surface area contributed by atoms with Gasteiger partial charge in [-0.2, -0.15) is 0 Å². The number of nitrogens with zero attached hydrogens (tertiary/aromatic N) is 1. The summed E-state index contributed by atoms with van der Waals surface area (Å²) in [6.45, 7) is 6.08. The van der Waals surface area contributed by atoms with Gasteiger partial charge in [0, 0.05) is 32.8 Å². The van der Waals surface area contributed by atoms with Crippen LogP contribution >= 0.6 is 0 Å². The van der Waals surface area contributed by atoms with Crippen LogP contribution in [0, 0.1) is 0 Å². The van der Waals surface area contributed by atoms with Gasteiger partial charge in [-0.1, -0.05) is 116 Å². The number of para-hydroxylation sites is 2. The topological polar surface area (TPSA) is 35.1 Å². The number of aromatic nitrogens is 1. The molecule has 45 heavy (non-hydrogen) atoms. The molecule has 2 aromatic heterocycles. The van der Waals surface area contributed by atoms with E-state index in [1.165, 1.54) is 0 Å². The number of hydrogen-bond donors (Lipinski definition) is 0. The first kappa shape index (κ1) is 26.7. The zero-order valence-corrected chi connectivity index (χ0v) is 24.8. The SMILES string of the molecule is C=C/C(=C\C)n1c2ccccc2c2cc(-c3cccc4c3oc(=O)c3c(-c5ccccc5)cc(-c5ccccc5)cc34)ccc21. The highest BCUT2D eigenvalue weighted by Gasteiger charge is 2.19. The molecule has 0 saturated carbocycles. The van der Waals surface area contributed by atoms with Crippen LogP contribution in [0.1, 0.15) is 6.92 Å². The van der Waals surface area contributed by atoms with E-state index in [4.69, 9.17) is 4.42 Å². The Hall–Kier alpha value is -5.93. The van der Waals surface area contributed by atoms with Crippen molar-refractivity contribution < 1.29 is 4.42 Å². The molecule has 0 aliphatic heterocycles. The predicted octanol–water partition coefficient (Wildman–Crippen LogP) is 11.1. The molecule has 0 saturated heterocycles. The minimum absolute atomic E-state index is 0.343. The van der Waals surface area contributed by atoms with Crippen LogP contribution in [0.4, 0.5) is 0 Å². The number of rotatable bonds is 5. The molecular weight excluding hydrogens is 550 g/mol. The maximum Gasteiger partial charge on any atom is 0.344 e. The second-order valence-electron chi connectivity index (χ2n) is 11.3. The zero-order valence-electron chi connectivity index (χ0n) is 24.8. The van der Waals surface area contributed by atoms with Gasteiger partial charge in [0.05, 0.1) is 16.4 Å². The molecule has 0 radical (unpaired) electrons. The number of fused-ring (bicyclic) bond motifs is 6. The molecule has 8 rings (SSSR count). The van der Waals surface area contributed by atoms with E-state index in [0.29, 0.717) is 11.0 Å². The van der Waals surface area contributed by atoms with Crippen molar-refractivity contribution in [2.45, 2.75) is 6.92 Å². The molecular formula is C42H29NO2. The van der Waals surface area contributed by atoms with Gasteiger partial charge in [-0.05, 0) is 71.1 Å². The van der Waals surface area contributed by atoms with Crippen LogP contribution in [-0.2, 0) is 0 Å². The van der Waals surface area contributed by atoms with Crippen molar-refractivity contribution in [1.82, 2.24) is 4.57 Å². The van der Waals surface area contributed by atoms with Gasteiger partial charge in [0.1, 0.15) is 5.58 Å². The van der Waals surface area contributed by atoms with Gasteiger partial charge in [0.25, 0.3) is 0 Å². The first-order valence-corrected chi connectivity index (χ1v) is 15.1. The summed E-state index contributed by atoms with van der Waals surface area (Å²) in [6.07, 6.45) is 3.96. The molecule has 0 bridgehead atoms. The molecule has 0 fully saturated rings. The number of benzene rings is 6. The standard InChI is InChI=1S/C42H29NO2/c1-3-31(4-2)43-38-21-12-11-18-33(38)36-24-29(22-23-39(36)43)32-19-13-20-34-37-26-30(27-14-7-5-8-15-27)25-35(28-16-9-6-10-17-28)40(37)42(44)45-41(32)34/h3-26H,1H2,2H3/b31-4+. The van der Waals surface area contributed by atoms with Crippen molar-refractivity contribution in [3.05, 3.63) is 163 Å². The third kappa shape index (κ3) is 4.24. The van der Waals surface area contributed by atoms with Gasteiger partial charge >= 0.3 is 5.63 Å². The van der Waals surface area contributed by atoms with Crippen molar-refractivity contribution in [1.29, 1.82) is 0 Å². The Balaban J connectivity index is 1.43. The summed E-state index contributed by atoms with van der Waals surface area (Å²) in [5, 5.41) is 4.66. The molecule has 214 valence electrons. The highest BCUT2D eigenvalue weighted by atomic mass is 16.4. The van der Waals surface area contributed by atoms with Crippen LogP contribution in [0.15, 0.2) is 161 Å². The van der Waals surface area contributed by atoms with Gasteiger partial charge in [-0.3, -0.25) is 0 Å². The second kappa shape index (κ2) is 10.7. The van der Waals surface area contributed by atoms with Crippen molar-refractivity contribution in [3.8, 4) is 33.4 Å². The van der Waals surface area contributed by atoms with Crippen LogP contribution in [0.2, 0.25) is 0 Å². The molecule has 3 heteroatoms. The highest BCUT2D eigenvalue weighted by Crippen LogP contribution is 2.40. The van der Waals surface area contributed by atoms with Crippen LogP contribution in [0.5, 0.6) is 0 Å². The molecule has 0 N–H and O–H groups in total. The van der Waals surface area contributed by atoms with E-state index < -0.39 is 0 Å². The van der Waals surface area contributed by atoms with E-state index in [9.17, 15) is 4.79 Å². The molecule has 8 aromatic rings. The lowest BCUT2D eigenvalue weighted by Crippen LogP contribution is -2.03. The molecule has 0 amide bonds. The average molecular weight is 580 g/mol. The first-order chi connectivity index (χ1) is 22.2. The minimum Gasteiger partial charge on any atom is -0.422 e. The summed E-state index contributed by atoms with van der Waals surface area (Å²) in [6, 6.07) is 45.7. The lowest BCUT2D eigenvalue weighted by atomic mass is 9.91. The summed E-state index contributed by atoms with van der Waals surface area (Å²) in [5.41, 5.74) is 9.34. The zero-order chi connectivity index (χ0) is 30.5. The van der Waals surface area contributed by atoms with Crippen LogP contribution in [-0.4, -0.2) is 4.57 Å². The normalized spacial score (nSPS) is 12.0. The molecule has 0 atom stereocenters. The molecule has 3 nitrogen and oxygen atoms in total. The summed E-state index contributed by atoms with van der Waals surface area (Å²) in [5.74, 6) is 0. The molecule has 2 heterocycles. The monoisotopic (exact) mass is 579 g/mol. The van der Waals surface area contributed by atoms with Crippen LogP contribution in [0.3, 0.4) is 0 Å². The van der Waals surface area contributed by atoms with Gasteiger partial charge in [0.2, 0.25) is 0 Å². The summed E-state index contributed by atoms with van der Waals surface area (Å²) in [4.78, 5) is 14.0. The van der Waals surface area contributed by atoms with Gasteiger partial charge < -0.3 is 8.98 Å². The van der Waals surface area contributed by atoms with Gasteiger partial charge in [-0.25, -0.2) is 4.79 Å². The third-order valence-corrected chi connectivity index (χ3v) is 8.78. The second-order valence-corrected chi connectivity index (χ2v) is 11.3. The van der Waals surface area contributed by atoms with E-state index in [0.717, 1.165) is 71.7 Å². The van der Waals surface area contributed by atoms with E-state index in [1.54, 1.807) is 0 Å². The fourth-order valence-corrected chi connectivity index (χ4v) is 6.70. The number of allylic oxidation sites excluding steroid dienone is 3. The Morgan fingerprint density at radius 3 is 2.02 bits per heavy atom. The van der Waals surface area contributed by atoms with E-state index >= 15 is 0 Å². The van der Waals surface area contributed by atoms with Crippen molar-refractivity contribution in [2.75, 3.05) is 0 Å². The maximum atomic E-state index is 14.0. The van der Waals surface area contributed by atoms with Gasteiger partial charge in [-0.15, -0.1) is 0 Å². The largest absolute Gasteiger partial charge is 0.422 e. The lowest BCUT2D eigenvalue weighted by molar-refractivity contribution is 0.571. The Morgan fingerprint density at radius 2 is 1.27 bits per heavy atom. The Morgan fingerprint density at radius 1 is 0.600 bits per heavy atom. The smallest absolute Gasteiger partial charge is 0.344 e. The fraction of sp³-hybridized carbons (Fsp3) is 0.0238. The molecule has 6 aromatic carbocycles. The van der Waals surface area contributed by atoms with Crippen LogP contribution < -0.4 is 5.63 Å². The molecule has 0 unspecified atom stereocenters. The Bertz CT molecular complexity index is 2520. The lowest BCUT2D eigenvalue weighted by Gasteiger charge is -2.14. The van der Waals surface area contributed by atoms with E-state index in [2.05, 4.69) is 96.1 Å². The quantitative estimate of drug-likeness (QED) is 0.115. The number of hydrogen-bond acceptors (Lipinski definition) is 2. The highest BCUT2D eigenvalue weighted by molar-refractivity contribution is 6.15. The Labute approximate surface area is 260 Å². The summed E-state index contributed by atoms with van der Waals surface area (Å²) < 4.78 is 8.51. The first-order valence-electron chi connectivity index (χ1n) is 15.1. The van der Waals surface area contributed by atoms with Gasteiger partial charge in [0.15, 0.2) is 0 Å². The predicted molar refractivity (Wildman–Crippen MR) is 189 cm³/mol. The van der Waals surface area contributed by atoms with Crippen molar-refractivity contribution >= 4 is 49.2 Å². The van der Waals surface area contributed by atoms with Crippen LogP contribution in [0.25, 0.3) is 82.6 Å².